The van der Waals surface area contributed by atoms with Crippen LogP contribution in [0, 0.1) is 5.82 Å². The molecule has 10 heteroatoms. The van der Waals surface area contributed by atoms with Gasteiger partial charge in [-0.1, -0.05) is 18.5 Å². The van der Waals surface area contributed by atoms with E-state index in [-0.39, 0.29) is 28.4 Å². The van der Waals surface area contributed by atoms with Crippen LogP contribution in [-0.2, 0) is 19.6 Å². The third kappa shape index (κ3) is 5.45. The zero-order valence-corrected chi connectivity index (χ0v) is 17.6. The van der Waals surface area contributed by atoms with Crippen LogP contribution in [0.4, 0.5) is 15.8 Å². The first-order chi connectivity index (χ1) is 13.6. The van der Waals surface area contributed by atoms with E-state index < -0.39 is 33.8 Å². The van der Waals surface area contributed by atoms with E-state index in [1.165, 1.54) is 37.4 Å². The van der Waals surface area contributed by atoms with Gasteiger partial charge in [0.15, 0.2) is 0 Å². The molecule has 0 aliphatic heterocycles. The van der Waals surface area contributed by atoms with Gasteiger partial charge in [-0.3, -0.25) is 9.10 Å². The summed E-state index contributed by atoms with van der Waals surface area (Å²) in [6, 6.07) is 7.91. The lowest BCUT2D eigenvalue weighted by Crippen LogP contribution is -2.47. The molecular weight excluding hydrogens is 423 g/mol. The quantitative estimate of drug-likeness (QED) is 0.663. The molecule has 0 bridgehead atoms. The fourth-order valence-corrected chi connectivity index (χ4v) is 4.15. The summed E-state index contributed by atoms with van der Waals surface area (Å²) in [6.45, 7) is 1.65. The summed E-state index contributed by atoms with van der Waals surface area (Å²) in [7, 11) is -2.66. The lowest BCUT2D eigenvalue weighted by molar-refractivity contribution is -0.117. The van der Waals surface area contributed by atoms with Crippen molar-refractivity contribution in [2.75, 3.05) is 23.0 Å². The van der Waals surface area contributed by atoms with E-state index in [0.29, 0.717) is 0 Å². The minimum absolute atomic E-state index is 0.0542. The molecule has 1 amide bonds. The average molecular weight is 443 g/mol. The van der Waals surface area contributed by atoms with Crippen LogP contribution in [0.2, 0.25) is 5.02 Å². The Labute approximate surface area is 173 Å². The summed E-state index contributed by atoms with van der Waals surface area (Å²) in [5.74, 6) is -1.83. The van der Waals surface area contributed by atoms with Gasteiger partial charge in [0, 0.05) is 5.69 Å². The highest BCUT2D eigenvalue weighted by molar-refractivity contribution is 7.92. The molecule has 0 fully saturated rings. The number of carbonyl (C=O) groups is 2. The van der Waals surface area contributed by atoms with Crippen molar-refractivity contribution in [3.8, 4) is 0 Å². The molecule has 29 heavy (non-hydrogen) atoms. The standard InChI is InChI=1S/C19H20ClFN2O5S/c1-4-17(23(29(3,26)27)14-8-5-12(21)6-9-14)18(24)22-13-7-10-16(20)15(11-13)19(25)28-2/h5-11,17H,4H2,1-3H3,(H,22,24)/t17-/m1/s1. The SMILES string of the molecule is CC[C@H](C(=O)Nc1ccc(Cl)c(C(=O)OC)c1)N(c1ccc(F)cc1)S(C)(=O)=O. The molecule has 156 valence electrons. The van der Waals surface area contributed by atoms with E-state index in [4.69, 9.17) is 11.6 Å². The van der Waals surface area contributed by atoms with E-state index in [2.05, 4.69) is 10.1 Å². The first kappa shape index (κ1) is 22.6. The number of rotatable bonds is 7. The maximum absolute atomic E-state index is 13.2. The maximum atomic E-state index is 13.2. The first-order valence-electron chi connectivity index (χ1n) is 8.52. The highest BCUT2D eigenvalue weighted by Crippen LogP contribution is 2.25. The third-order valence-electron chi connectivity index (χ3n) is 4.05. The number of methoxy groups -OCH3 is 1. The van der Waals surface area contributed by atoms with Gasteiger partial charge in [0.2, 0.25) is 15.9 Å². The van der Waals surface area contributed by atoms with Gasteiger partial charge in [-0.15, -0.1) is 0 Å². The van der Waals surface area contributed by atoms with Gasteiger partial charge in [-0.05, 0) is 48.9 Å². The van der Waals surface area contributed by atoms with Crippen molar-refractivity contribution in [3.63, 3.8) is 0 Å². The maximum Gasteiger partial charge on any atom is 0.339 e. The lowest BCUT2D eigenvalue weighted by Gasteiger charge is -2.30. The molecule has 0 aromatic heterocycles. The van der Waals surface area contributed by atoms with Gasteiger partial charge in [0.1, 0.15) is 11.9 Å². The Morgan fingerprint density at radius 3 is 2.34 bits per heavy atom. The van der Waals surface area contributed by atoms with Gasteiger partial charge in [-0.2, -0.15) is 0 Å². The fourth-order valence-electron chi connectivity index (χ4n) is 2.74. The summed E-state index contributed by atoms with van der Waals surface area (Å²) in [5, 5.41) is 2.73. The van der Waals surface area contributed by atoms with Crippen molar-refractivity contribution < 1.29 is 27.1 Å². The zero-order chi connectivity index (χ0) is 21.8. The summed E-state index contributed by atoms with van der Waals surface area (Å²) < 4.78 is 43.6. The Bertz CT molecular complexity index is 1010. The monoisotopic (exact) mass is 442 g/mol. The molecule has 0 aliphatic rings. The molecule has 2 aromatic rings. The van der Waals surface area contributed by atoms with E-state index in [1.807, 2.05) is 0 Å². The molecule has 0 aliphatic carbocycles. The molecule has 7 nitrogen and oxygen atoms in total. The minimum Gasteiger partial charge on any atom is -0.465 e. The van der Waals surface area contributed by atoms with Crippen LogP contribution >= 0.6 is 11.6 Å². The van der Waals surface area contributed by atoms with Crippen LogP contribution in [0.15, 0.2) is 42.5 Å². The van der Waals surface area contributed by atoms with Gasteiger partial charge in [-0.25, -0.2) is 17.6 Å². The van der Waals surface area contributed by atoms with Crippen LogP contribution in [0.3, 0.4) is 0 Å². The van der Waals surface area contributed by atoms with E-state index in [1.54, 1.807) is 6.92 Å². The predicted octanol–water partition coefficient (Wildman–Crippen LogP) is 3.45. The second-order valence-electron chi connectivity index (χ2n) is 6.13. The van der Waals surface area contributed by atoms with Crippen LogP contribution in [0.1, 0.15) is 23.7 Å². The first-order valence-corrected chi connectivity index (χ1v) is 10.7. The number of benzene rings is 2. The molecule has 0 heterocycles. The number of carbonyl (C=O) groups excluding carboxylic acids is 2. The Balaban J connectivity index is 2.37. The lowest BCUT2D eigenvalue weighted by atomic mass is 10.1. The van der Waals surface area contributed by atoms with Gasteiger partial charge in [0.25, 0.3) is 0 Å². The Morgan fingerprint density at radius 2 is 1.83 bits per heavy atom. The second-order valence-corrected chi connectivity index (χ2v) is 8.40. The predicted molar refractivity (Wildman–Crippen MR) is 109 cm³/mol. The molecule has 0 unspecified atom stereocenters. The number of sulfonamides is 1. The number of hydrogen-bond acceptors (Lipinski definition) is 5. The molecule has 0 spiro atoms. The van der Waals surface area contributed by atoms with Crippen LogP contribution in [0.25, 0.3) is 0 Å². The fraction of sp³-hybridized carbons (Fsp3) is 0.263. The number of hydrogen-bond donors (Lipinski definition) is 1. The van der Waals surface area contributed by atoms with Crippen molar-refractivity contribution >= 4 is 44.9 Å². The highest BCUT2D eigenvalue weighted by atomic mass is 35.5. The van der Waals surface area contributed by atoms with Crippen LogP contribution in [0.5, 0.6) is 0 Å². The van der Waals surface area contributed by atoms with Crippen LogP contribution in [-0.4, -0.2) is 39.7 Å². The van der Waals surface area contributed by atoms with Crippen molar-refractivity contribution in [1.29, 1.82) is 0 Å². The number of anilines is 2. The number of nitrogens with one attached hydrogen (secondary N) is 1. The average Bonchev–Trinajstić information content (AvgIpc) is 2.66. The summed E-state index contributed by atoms with van der Waals surface area (Å²) >= 11 is 5.97. The number of esters is 1. The molecule has 0 saturated carbocycles. The molecule has 1 N–H and O–H groups in total. The largest absolute Gasteiger partial charge is 0.465 e. The summed E-state index contributed by atoms with van der Waals surface area (Å²) in [6.07, 6.45) is 1.11. The molecule has 0 radical (unpaired) electrons. The normalized spacial score (nSPS) is 12.2. The van der Waals surface area contributed by atoms with Gasteiger partial charge < -0.3 is 10.1 Å². The molecule has 2 aromatic carbocycles. The third-order valence-corrected chi connectivity index (χ3v) is 5.56. The van der Waals surface area contributed by atoms with E-state index in [9.17, 15) is 22.4 Å². The number of ether oxygens (including phenoxy) is 1. The number of nitrogens with zero attached hydrogens (tertiary/aromatic N) is 1. The highest BCUT2D eigenvalue weighted by Gasteiger charge is 2.31. The molecule has 1 atom stereocenters. The van der Waals surface area contributed by atoms with E-state index >= 15 is 0 Å². The molecular formula is C19H20ClFN2O5S. The smallest absolute Gasteiger partial charge is 0.339 e. The van der Waals surface area contributed by atoms with Gasteiger partial charge in [0.05, 0.1) is 29.6 Å². The Hall–Kier alpha value is -2.65. The summed E-state index contributed by atoms with van der Waals surface area (Å²) in [5.41, 5.74) is 0.451. The Kier molecular flexibility index (Phi) is 7.21. The van der Waals surface area contributed by atoms with Gasteiger partial charge >= 0.3 is 5.97 Å². The van der Waals surface area contributed by atoms with E-state index in [0.717, 1.165) is 22.7 Å². The number of halogens is 2. The minimum atomic E-state index is -3.86. The van der Waals surface area contributed by atoms with Crippen molar-refractivity contribution in [2.24, 2.45) is 0 Å². The van der Waals surface area contributed by atoms with Crippen molar-refractivity contribution in [2.45, 2.75) is 19.4 Å². The topological polar surface area (TPSA) is 92.8 Å². The van der Waals surface area contributed by atoms with Crippen LogP contribution < -0.4 is 9.62 Å². The molecule has 2 rings (SSSR count). The number of amides is 1. The Morgan fingerprint density at radius 1 is 1.21 bits per heavy atom. The second kappa shape index (κ2) is 9.23. The van der Waals surface area contributed by atoms with Crippen molar-refractivity contribution in [1.82, 2.24) is 0 Å². The molecule has 0 saturated heterocycles. The summed E-state index contributed by atoms with van der Waals surface area (Å²) in [4.78, 5) is 24.6. The zero-order valence-electron chi connectivity index (χ0n) is 16.0. The van der Waals surface area contributed by atoms with Crippen molar-refractivity contribution in [3.05, 3.63) is 58.9 Å².